The monoisotopic (exact) mass is 388 g/mol. The lowest BCUT2D eigenvalue weighted by atomic mass is 10.2. The van der Waals surface area contributed by atoms with Gasteiger partial charge in [0.15, 0.2) is 5.96 Å². The molecule has 2 saturated heterocycles. The van der Waals surface area contributed by atoms with Crippen LogP contribution in [0, 0.1) is 0 Å². The van der Waals surface area contributed by atoms with Gasteiger partial charge in [-0.25, -0.2) is 0 Å². The zero-order valence-electron chi connectivity index (χ0n) is 17.9. The van der Waals surface area contributed by atoms with Crippen LogP contribution in [0.2, 0.25) is 0 Å². The van der Waals surface area contributed by atoms with Crippen molar-refractivity contribution in [2.24, 2.45) is 4.99 Å². The third-order valence-corrected chi connectivity index (χ3v) is 5.93. The van der Waals surface area contributed by atoms with E-state index in [1.54, 1.807) is 7.11 Å². The highest BCUT2D eigenvalue weighted by Gasteiger charge is 2.23. The Morgan fingerprint density at radius 1 is 1.07 bits per heavy atom. The predicted molar refractivity (Wildman–Crippen MR) is 117 cm³/mol. The standard InChI is InChI=1S/C21H36N6O/c1-18(25-11-9-24(3)10-12-25)17-23-21(22-2)27-15-13-26(14-16-27)19-7-5-6-8-20(19)28-4/h5-8,18H,9-17H2,1-4H3,(H,22,23). The van der Waals surface area contributed by atoms with E-state index < -0.39 is 0 Å². The molecule has 1 unspecified atom stereocenters. The summed E-state index contributed by atoms with van der Waals surface area (Å²) in [6.45, 7) is 11.7. The van der Waals surface area contributed by atoms with E-state index in [-0.39, 0.29) is 0 Å². The van der Waals surface area contributed by atoms with Gasteiger partial charge >= 0.3 is 0 Å². The molecule has 1 aromatic rings. The van der Waals surface area contributed by atoms with E-state index in [1.165, 1.54) is 5.69 Å². The maximum absolute atomic E-state index is 5.52. The third-order valence-electron chi connectivity index (χ3n) is 5.93. The molecule has 1 N–H and O–H groups in total. The van der Waals surface area contributed by atoms with Gasteiger partial charge in [0.1, 0.15) is 5.75 Å². The number of hydrogen-bond acceptors (Lipinski definition) is 5. The highest BCUT2D eigenvalue weighted by atomic mass is 16.5. The number of guanidine groups is 1. The van der Waals surface area contributed by atoms with Crippen LogP contribution in [0.4, 0.5) is 5.69 Å². The van der Waals surface area contributed by atoms with E-state index in [2.05, 4.69) is 56.0 Å². The summed E-state index contributed by atoms with van der Waals surface area (Å²) in [5.41, 5.74) is 1.18. The second kappa shape index (κ2) is 9.98. The summed E-state index contributed by atoms with van der Waals surface area (Å²) in [5, 5.41) is 3.60. The minimum absolute atomic E-state index is 0.514. The summed E-state index contributed by atoms with van der Waals surface area (Å²) >= 11 is 0. The van der Waals surface area contributed by atoms with E-state index in [9.17, 15) is 0 Å². The van der Waals surface area contributed by atoms with E-state index in [1.807, 2.05) is 19.2 Å². The van der Waals surface area contributed by atoms with Gasteiger partial charge in [-0.3, -0.25) is 9.89 Å². The van der Waals surface area contributed by atoms with Crippen LogP contribution in [0.3, 0.4) is 0 Å². The number of hydrogen-bond donors (Lipinski definition) is 1. The van der Waals surface area contributed by atoms with Gasteiger partial charge < -0.3 is 24.8 Å². The molecule has 0 saturated carbocycles. The molecule has 3 rings (SSSR count). The Kier molecular flexibility index (Phi) is 7.39. The second-order valence-electron chi connectivity index (χ2n) is 7.76. The van der Waals surface area contributed by atoms with Crippen LogP contribution in [0.15, 0.2) is 29.3 Å². The molecule has 1 aromatic carbocycles. The molecule has 2 aliphatic rings. The molecule has 156 valence electrons. The first-order valence-electron chi connectivity index (χ1n) is 10.4. The third kappa shape index (κ3) is 5.08. The number of aliphatic imine (C=N–C) groups is 1. The van der Waals surface area contributed by atoms with Crippen LogP contribution >= 0.6 is 0 Å². The second-order valence-corrected chi connectivity index (χ2v) is 7.76. The smallest absolute Gasteiger partial charge is 0.193 e. The van der Waals surface area contributed by atoms with Gasteiger partial charge in [-0.2, -0.15) is 0 Å². The predicted octanol–water partition coefficient (Wildman–Crippen LogP) is 1.03. The number of benzene rings is 1. The lowest BCUT2D eigenvalue weighted by Gasteiger charge is -2.39. The summed E-state index contributed by atoms with van der Waals surface area (Å²) < 4.78 is 5.52. The normalized spacial score (nSPS) is 20.9. The van der Waals surface area contributed by atoms with Crippen molar-refractivity contribution < 1.29 is 4.74 Å². The first-order chi connectivity index (χ1) is 13.6. The van der Waals surface area contributed by atoms with Gasteiger partial charge in [-0.05, 0) is 26.1 Å². The van der Waals surface area contributed by atoms with Crippen molar-refractivity contribution in [3.63, 3.8) is 0 Å². The fraction of sp³-hybridized carbons (Fsp3) is 0.667. The molecule has 0 aliphatic carbocycles. The van der Waals surface area contributed by atoms with Crippen molar-refractivity contribution >= 4 is 11.6 Å². The Morgan fingerprint density at radius 3 is 2.39 bits per heavy atom. The molecule has 7 nitrogen and oxygen atoms in total. The summed E-state index contributed by atoms with van der Waals surface area (Å²) in [6, 6.07) is 8.78. The molecule has 7 heteroatoms. The van der Waals surface area contributed by atoms with Crippen LogP contribution in [-0.2, 0) is 0 Å². The van der Waals surface area contributed by atoms with Gasteiger partial charge in [0.25, 0.3) is 0 Å². The van der Waals surface area contributed by atoms with Crippen LogP contribution < -0.4 is 15.0 Å². The average Bonchev–Trinajstić information content (AvgIpc) is 2.75. The molecule has 0 radical (unpaired) electrons. The number of anilines is 1. The zero-order valence-corrected chi connectivity index (χ0v) is 17.9. The molecule has 0 spiro atoms. The van der Waals surface area contributed by atoms with Crippen molar-refractivity contribution in [1.29, 1.82) is 0 Å². The number of rotatable bonds is 5. The summed E-state index contributed by atoms with van der Waals surface area (Å²) in [4.78, 5) is 14.3. The maximum Gasteiger partial charge on any atom is 0.193 e. The topological polar surface area (TPSA) is 46.6 Å². The molecule has 1 atom stereocenters. The van der Waals surface area contributed by atoms with Crippen LogP contribution in [0.5, 0.6) is 5.75 Å². The highest BCUT2D eigenvalue weighted by Crippen LogP contribution is 2.28. The Bertz CT molecular complexity index is 636. The minimum Gasteiger partial charge on any atom is -0.495 e. The lowest BCUT2D eigenvalue weighted by molar-refractivity contribution is 0.119. The Morgan fingerprint density at radius 2 is 1.75 bits per heavy atom. The molecule has 0 aromatic heterocycles. The Hall–Kier alpha value is -1.99. The molecule has 2 heterocycles. The van der Waals surface area contributed by atoms with Crippen molar-refractivity contribution in [2.75, 3.05) is 85.0 Å². The van der Waals surface area contributed by atoms with Gasteiger partial charge in [0, 0.05) is 72.0 Å². The fourth-order valence-corrected chi connectivity index (χ4v) is 4.01. The van der Waals surface area contributed by atoms with E-state index in [4.69, 9.17) is 4.74 Å². The Labute approximate surface area is 169 Å². The Balaban J connectivity index is 1.48. The van der Waals surface area contributed by atoms with Gasteiger partial charge in [0.2, 0.25) is 0 Å². The van der Waals surface area contributed by atoms with Crippen LogP contribution in [-0.4, -0.2) is 107 Å². The van der Waals surface area contributed by atoms with Crippen molar-refractivity contribution in [3.05, 3.63) is 24.3 Å². The summed E-state index contributed by atoms with van der Waals surface area (Å²) in [6.07, 6.45) is 0. The molecule has 2 aliphatic heterocycles. The zero-order chi connectivity index (χ0) is 19.9. The number of nitrogens with zero attached hydrogens (tertiary/aromatic N) is 5. The van der Waals surface area contributed by atoms with Crippen LogP contribution in [0.1, 0.15) is 6.92 Å². The van der Waals surface area contributed by atoms with E-state index in [0.29, 0.717) is 6.04 Å². The fourth-order valence-electron chi connectivity index (χ4n) is 4.01. The number of para-hydroxylation sites is 2. The van der Waals surface area contributed by atoms with Gasteiger partial charge in [0.05, 0.1) is 12.8 Å². The quantitative estimate of drug-likeness (QED) is 0.601. The average molecular weight is 389 g/mol. The molecule has 0 bridgehead atoms. The molecule has 28 heavy (non-hydrogen) atoms. The van der Waals surface area contributed by atoms with Crippen molar-refractivity contribution in [3.8, 4) is 5.75 Å². The summed E-state index contributed by atoms with van der Waals surface area (Å²) in [7, 11) is 5.82. The van der Waals surface area contributed by atoms with Crippen molar-refractivity contribution in [1.82, 2.24) is 20.0 Å². The van der Waals surface area contributed by atoms with Gasteiger partial charge in [-0.15, -0.1) is 0 Å². The van der Waals surface area contributed by atoms with E-state index in [0.717, 1.165) is 70.6 Å². The highest BCUT2D eigenvalue weighted by molar-refractivity contribution is 5.80. The SMILES string of the molecule is CN=C(NCC(C)N1CCN(C)CC1)N1CCN(c2ccccc2OC)CC1. The van der Waals surface area contributed by atoms with Crippen LogP contribution in [0.25, 0.3) is 0 Å². The molecular weight excluding hydrogens is 352 g/mol. The molecule has 0 amide bonds. The molecular formula is C21H36N6O. The summed E-state index contributed by atoms with van der Waals surface area (Å²) in [5.74, 6) is 1.96. The first kappa shape index (κ1) is 20.7. The number of ether oxygens (including phenoxy) is 1. The van der Waals surface area contributed by atoms with E-state index >= 15 is 0 Å². The number of methoxy groups -OCH3 is 1. The molecule has 2 fully saturated rings. The number of likely N-dealkylation sites (N-methyl/N-ethyl adjacent to an activating group) is 1. The lowest BCUT2D eigenvalue weighted by Crippen LogP contribution is -2.55. The number of nitrogens with one attached hydrogen (secondary N) is 1. The van der Waals surface area contributed by atoms with Gasteiger partial charge in [-0.1, -0.05) is 12.1 Å². The maximum atomic E-state index is 5.52. The number of piperazine rings is 2. The minimum atomic E-state index is 0.514. The first-order valence-corrected chi connectivity index (χ1v) is 10.4. The largest absolute Gasteiger partial charge is 0.495 e. The van der Waals surface area contributed by atoms with Crippen molar-refractivity contribution in [2.45, 2.75) is 13.0 Å².